The maximum atomic E-state index is 13.9. The zero-order chi connectivity index (χ0) is 25.3. The third-order valence-corrected chi connectivity index (χ3v) is 8.23. The molecule has 5 aromatic rings. The maximum absolute atomic E-state index is 13.9. The molecule has 9 heteroatoms. The minimum absolute atomic E-state index is 0.0214. The van der Waals surface area contributed by atoms with E-state index in [0.29, 0.717) is 28.2 Å². The predicted octanol–water partition coefficient (Wildman–Crippen LogP) is 6.28. The molecule has 0 spiro atoms. The highest BCUT2D eigenvalue weighted by Crippen LogP contribution is 2.34. The lowest BCUT2D eigenvalue weighted by atomic mass is 10.1. The molecule has 0 aliphatic heterocycles. The Kier molecular flexibility index (Phi) is 6.42. The molecule has 0 N–H and O–H groups in total. The lowest BCUT2D eigenvalue weighted by molar-refractivity contribution is 0.391. The second kappa shape index (κ2) is 9.67. The lowest BCUT2D eigenvalue weighted by Gasteiger charge is -2.22. The zero-order valence-electron chi connectivity index (χ0n) is 20.0. The van der Waals surface area contributed by atoms with Crippen LogP contribution in [0.3, 0.4) is 0 Å². The summed E-state index contributed by atoms with van der Waals surface area (Å²) in [6.07, 6.45) is 0. The fraction of sp³-hybridized carbons (Fsp3) is 0.148. The van der Waals surface area contributed by atoms with Gasteiger partial charge in [0.1, 0.15) is 17.0 Å². The van der Waals surface area contributed by atoms with Crippen molar-refractivity contribution in [1.82, 2.24) is 4.98 Å². The number of thiophene rings is 1. The average molecular weight is 521 g/mol. The number of hydrogen-bond donors (Lipinski definition) is 0. The minimum atomic E-state index is -4.02. The summed E-state index contributed by atoms with van der Waals surface area (Å²) in [5, 5.41) is 4.05. The SMILES string of the molecule is COc1ccc(CN(c2nc3cc(-c4ccsc4)ccc3o2)S(=O)(=O)c2cccc(C)c2)c(OC)c1. The number of aromatic nitrogens is 1. The van der Waals surface area contributed by atoms with Crippen molar-refractivity contribution in [3.8, 4) is 22.6 Å². The molecule has 36 heavy (non-hydrogen) atoms. The quantitative estimate of drug-likeness (QED) is 0.240. The second-order valence-corrected chi connectivity index (χ2v) is 10.8. The van der Waals surface area contributed by atoms with Gasteiger partial charge < -0.3 is 13.9 Å². The Hall–Kier alpha value is -3.82. The van der Waals surface area contributed by atoms with Crippen LogP contribution in [-0.4, -0.2) is 27.6 Å². The van der Waals surface area contributed by atoms with Gasteiger partial charge in [-0.15, -0.1) is 0 Å². The van der Waals surface area contributed by atoms with Gasteiger partial charge >= 0.3 is 6.01 Å². The average Bonchev–Trinajstić information content (AvgIpc) is 3.57. The first-order chi connectivity index (χ1) is 17.4. The number of ether oxygens (including phenoxy) is 2. The zero-order valence-corrected chi connectivity index (χ0v) is 21.6. The fourth-order valence-electron chi connectivity index (χ4n) is 3.93. The molecule has 7 nitrogen and oxygen atoms in total. The molecule has 0 bridgehead atoms. The Balaban J connectivity index is 1.63. The Morgan fingerprint density at radius 1 is 0.972 bits per heavy atom. The molecule has 0 amide bonds. The Labute approximate surface area is 213 Å². The normalized spacial score (nSPS) is 11.5. The van der Waals surface area contributed by atoms with E-state index in [1.807, 2.05) is 48.0 Å². The van der Waals surface area contributed by atoms with Crippen LogP contribution in [0.2, 0.25) is 0 Å². The van der Waals surface area contributed by atoms with E-state index in [0.717, 1.165) is 16.7 Å². The van der Waals surface area contributed by atoms with E-state index in [4.69, 9.17) is 13.9 Å². The van der Waals surface area contributed by atoms with E-state index in [1.165, 1.54) is 11.4 Å². The summed E-state index contributed by atoms with van der Waals surface area (Å²) in [4.78, 5) is 4.75. The van der Waals surface area contributed by atoms with Crippen LogP contribution in [0.4, 0.5) is 6.01 Å². The molecule has 0 radical (unpaired) electrons. The van der Waals surface area contributed by atoms with Crippen LogP contribution in [0.5, 0.6) is 11.5 Å². The van der Waals surface area contributed by atoms with Crippen LogP contribution in [0.1, 0.15) is 11.1 Å². The number of anilines is 1. The predicted molar refractivity (Wildman–Crippen MR) is 141 cm³/mol. The molecule has 0 saturated heterocycles. The van der Waals surface area contributed by atoms with Gasteiger partial charge in [-0.1, -0.05) is 18.2 Å². The Morgan fingerprint density at radius 3 is 2.56 bits per heavy atom. The first-order valence-electron chi connectivity index (χ1n) is 11.1. The molecule has 3 aromatic carbocycles. The number of methoxy groups -OCH3 is 2. The number of benzene rings is 3. The van der Waals surface area contributed by atoms with E-state index in [1.54, 1.807) is 54.8 Å². The van der Waals surface area contributed by atoms with Crippen molar-refractivity contribution in [2.75, 3.05) is 18.5 Å². The molecule has 2 heterocycles. The van der Waals surface area contributed by atoms with E-state index in [9.17, 15) is 8.42 Å². The molecular weight excluding hydrogens is 496 g/mol. The van der Waals surface area contributed by atoms with Crippen molar-refractivity contribution < 1.29 is 22.3 Å². The standard InChI is InChI=1S/C27H24N2O5S2/c1-18-5-4-6-23(13-18)36(30,31)29(16-20-7-9-22(32-2)15-26(20)33-3)27-28-24-14-19(8-10-25(24)34-27)21-11-12-35-17-21/h4-15,17H,16H2,1-3H3. The Morgan fingerprint density at radius 2 is 1.83 bits per heavy atom. The van der Waals surface area contributed by atoms with E-state index in [-0.39, 0.29) is 17.5 Å². The van der Waals surface area contributed by atoms with Gasteiger partial charge in [0.25, 0.3) is 10.0 Å². The molecule has 5 rings (SSSR count). The van der Waals surface area contributed by atoms with Crippen LogP contribution in [0.25, 0.3) is 22.2 Å². The molecule has 0 aliphatic rings. The van der Waals surface area contributed by atoms with Crippen LogP contribution < -0.4 is 13.8 Å². The van der Waals surface area contributed by atoms with E-state index in [2.05, 4.69) is 4.98 Å². The highest BCUT2D eigenvalue weighted by Gasteiger charge is 2.30. The van der Waals surface area contributed by atoms with Crippen LogP contribution in [-0.2, 0) is 16.6 Å². The first kappa shape index (κ1) is 23.9. The monoisotopic (exact) mass is 520 g/mol. The van der Waals surface area contributed by atoms with Gasteiger partial charge in [0.15, 0.2) is 5.58 Å². The van der Waals surface area contributed by atoms with Crippen molar-refractivity contribution in [3.63, 3.8) is 0 Å². The summed E-state index contributed by atoms with van der Waals surface area (Å²) in [5.74, 6) is 1.10. The van der Waals surface area contributed by atoms with Gasteiger partial charge in [0, 0.05) is 11.6 Å². The van der Waals surface area contributed by atoms with Gasteiger partial charge in [-0.05, 0) is 76.8 Å². The van der Waals surface area contributed by atoms with Crippen molar-refractivity contribution in [3.05, 3.63) is 88.6 Å². The molecule has 2 aromatic heterocycles. The summed E-state index contributed by atoms with van der Waals surface area (Å²) >= 11 is 1.61. The van der Waals surface area contributed by atoms with Gasteiger partial charge in [-0.3, -0.25) is 0 Å². The third kappa shape index (κ3) is 4.55. The maximum Gasteiger partial charge on any atom is 0.313 e. The number of oxazole rings is 1. The third-order valence-electron chi connectivity index (χ3n) is 5.83. The number of sulfonamides is 1. The first-order valence-corrected chi connectivity index (χ1v) is 13.5. The van der Waals surface area contributed by atoms with Crippen molar-refractivity contribution >= 4 is 38.5 Å². The summed E-state index contributed by atoms with van der Waals surface area (Å²) < 4.78 is 45.8. The second-order valence-electron chi connectivity index (χ2n) is 8.20. The number of hydrogen-bond acceptors (Lipinski definition) is 7. The summed E-state index contributed by atoms with van der Waals surface area (Å²) in [5.41, 5.74) is 4.58. The molecular formula is C27H24N2O5S2. The van der Waals surface area contributed by atoms with Crippen molar-refractivity contribution in [1.29, 1.82) is 0 Å². The Bertz CT molecular complexity index is 1630. The summed E-state index contributed by atoms with van der Waals surface area (Å²) in [6, 6.07) is 19.7. The molecule has 184 valence electrons. The molecule has 0 unspecified atom stereocenters. The van der Waals surface area contributed by atoms with Crippen LogP contribution in [0, 0.1) is 6.92 Å². The number of nitrogens with zero attached hydrogens (tertiary/aromatic N) is 2. The summed E-state index contributed by atoms with van der Waals surface area (Å²) in [6.45, 7) is 1.80. The molecule has 0 atom stereocenters. The molecule has 0 saturated carbocycles. The van der Waals surface area contributed by atoms with Crippen molar-refractivity contribution in [2.24, 2.45) is 0 Å². The number of rotatable bonds is 8. The van der Waals surface area contributed by atoms with Gasteiger partial charge in [0.05, 0.1) is 25.7 Å². The topological polar surface area (TPSA) is 81.9 Å². The van der Waals surface area contributed by atoms with Crippen LogP contribution in [0.15, 0.2) is 86.8 Å². The van der Waals surface area contributed by atoms with Gasteiger partial charge in [-0.25, -0.2) is 12.7 Å². The molecule has 0 fully saturated rings. The lowest BCUT2D eigenvalue weighted by Crippen LogP contribution is -2.31. The smallest absolute Gasteiger partial charge is 0.313 e. The summed E-state index contributed by atoms with van der Waals surface area (Å²) in [7, 11) is -0.933. The fourth-order valence-corrected chi connectivity index (χ4v) is 6.02. The minimum Gasteiger partial charge on any atom is -0.497 e. The highest BCUT2D eigenvalue weighted by atomic mass is 32.2. The molecule has 0 aliphatic carbocycles. The van der Waals surface area contributed by atoms with Crippen LogP contribution >= 0.6 is 11.3 Å². The van der Waals surface area contributed by atoms with E-state index < -0.39 is 10.0 Å². The number of aryl methyl sites for hydroxylation is 1. The van der Waals surface area contributed by atoms with Gasteiger partial charge in [-0.2, -0.15) is 16.3 Å². The number of fused-ring (bicyclic) bond motifs is 1. The highest BCUT2D eigenvalue weighted by molar-refractivity contribution is 7.92. The van der Waals surface area contributed by atoms with E-state index >= 15 is 0 Å². The van der Waals surface area contributed by atoms with Crippen molar-refractivity contribution in [2.45, 2.75) is 18.4 Å². The largest absolute Gasteiger partial charge is 0.497 e. The van der Waals surface area contributed by atoms with Gasteiger partial charge in [0.2, 0.25) is 0 Å².